The SMILES string of the molecule is CCc1ccc(-c2nn(-c3ccccc3)cc2/C=N\NC(=O)C(N)=O)cc1. The molecule has 1 heterocycles. The lowest BCUT2D eigenvalue weighted by molar-refractivity contribution is -0.137. The second-order valence-electron chi connectivity index (χ2n) is 5.83. The van der Waals surface area contributed by atoms with E-state index >= 15 is 0 Å². The van der Waals surface area contributed by atoms with Crippen molar-refractivity contribution in [1.82, 2.24) is 15.2 Å². The van der Waals surface area contributed by atoms with Gasteiger partial charge < -0.3 is 5.73 Å². The van der Waals surface area contributed by atoms with Gasteiger partial charge in [0.2, 0.25) is 0 Å². The summed E-state index contributed by atoms with van der Waals surface area (Å²) < 4.78 is 1.74. The van der Waals surface area contributed by atoms with Crippen LogP contribution in [-0.4, -0.2) is 27.8 Å². The summed E-state index contributed by atoms with van der Waals surface area (Å²) in [5.41, 5.74) is 11.4. The van der Waals surface area contributed by atoms with Crippen LogP contribution in [0.1, 0.15) is 18.1 Å². The lowest BCUT2D eigenvalue weighted by Crippen LogP contribution is -2.32. The number of nitrogens with two attached hydrogens (primary N) is 1. The number of primary amides is 1. The third kappa shape index (κ3) is 4.27. The highest BCUT2D eigenvalue weighted by Crippen LogP contribution is 2.23. The molecule has 0 aliphatic heterocycles. The summed E-state index contributed by atoms with van der Waals surface area (Å²) in [5.74, 6) is -2.07. The van der Waals surface area contributed by atoms with Gasteiger partial charge in [0.1, 0.15) is 5.69 Å². The molecule has 3 aromatic rings. The van der Waals surface area contributed by atoms with E-state index in [2.05, 4.69) is 22.5 Å². The lowest BCUT2D eigenvalue weighted by Gasteiger charge is -2.02. The average molecular weight is 361 g/mol. The molecule has 136 valence electrons. The zero-order chi connectivity index (χ0) is 19.2. The number of benzene rings is 2. The zero-order valence-corrected chi connectivity index (χ0v) is 14.8. The van der Waals surface area contributed by atoms with E-state index in [1.54, 1.807) is 10.9 Å². The number of hydrogen-bond acceptors (Lipinski definition) is 4. The summed E-state index contributed by atoms with van der Waals surface area (Å²) in [6.07, 6.45) is 4.20. The first-order valence-electron chi connectivity index (χ1n) is 8.45. The molecule has 0 bridgehead atoms. The maximum Gasteiger partial charge on any atom is 0.329 e. The molecule has 27 heavy (non-hydrogen) atoms. The first-order valence-corrected chi connectivity index (χ1v) is 8.45. The molecule has 0 unspecified atom stereocenters. The van der Waals surface area contributed by atoms with Crippen LogP contribution >= 0.6 is 0 Å². The normalized spacial score (nSPS) is 10.9. The fraction of sp³-hybridized carbons (Fsp3) is 0.100. The van der Waals surface area contributed by atoms with Crippen molar-refractivity contribution >= 4 is 18.0 Å². The van der Waals surface area contributed by atoms with E-state index in [1.165, 1.54) is 11.8 Å². The largest absolute Gasteiger partial charge is 0.361 e. The minimum Gasteiger partial charge on any atom is -0.361 e. The Hall–Kier alpha value is -3.74. The van der Waals surface area contributed by atoms with E-state index in [0.29, 0.717) is 11.3 Å². The van der Waals surface area contributed by atoms with Gasteiger partial charge in [-0.2, -0.15) is 10.2 Å². The third-order valence-electron chi connectivity index (χ3n) is 3.99. The van der Waals surface area contributed by atoms with E-state index in [1.807, 2.05) is 54.6 Å². The number of aromatic nitrogens is 2. The van der Waals surface area contributed by atoms with Crippen molar-refractivity contribution in [3.8, 4) is 16.9 Å². The number of carbonyl (C=O) groups excluding carboxylic acids is 2. The van der Waals surface area contributed by atoms with Crippen LogP contribution in [0.3, 0.4) is 0 Å². The Bertz CT molecular complexity index is 975. The van der Waals surface area contributed by atoms with Crippen molar-refractivity contribution in [2.45, 2.75) is 13.3 Å². The molecule has 0 saturated carbocycles. The molecule has 7 nitrogen and oxygen atoms in total. The molecular weight excluding hydrogens is 342 g/mol. The van der Waals surface area contributed by atoms with Crippen molar-refractivity contribution in [2.24, 2.45) is 10.8 Å². The first kappa shape index (κ1) is 18.1. The van der Waals surface area contributed by atoms with Gasteiger partial charge in [-0.05, 0) is 24.1 Å². The van der Waals surface area contributed by atoms with Crippen LogP contribution < -0.4 is 11.2 Å². The molecule has 0 atom stereocenters. The number of carbonyl (C=O) groups is 2. The molecule has 1 aromatic heterocycles. The average Bonchev–Trinajstić information content (AvgIpc) is 3.12. The molecule has 0 aliphatic carbocycles. The molecule has 2 amide bonds. The highest BCUT2D eigenvalue weighted by molar-refractivity contribution is 6.34. The van der Waals surface area contributed by atoms with Crippen LogP contribution in [-0.2, 0) is 16.0 Å². The van der Waals surface area contributed by atoms with E-state index in [4.69, 9.17) is 5.73 Å². The molecule has 0 aliphatic rings. The second kappa shape index (κ2) is 8.09. The van der Waals surface area contributed by atoms with Gasteiger partial charge in [0.15, 0.2) is 0 Å². The number of amides is 2. The van der Waals surface area contributed by atoms with E-state index in [9.17, 15) is 9.59 Å². The molecule has 0 fully saturated rings. The predicted molar refractivity (Wildman–Crippen MR) is 103 cm³/mol. The quantitative estimate of drug-likeness (QED) is 0.413. The highest BCUT2D eigenvalue weighted by Gasteiger charge is 2.12. The van der Waals surface area contributed by atoms with Crippen LogP contribution in [0.15, 0.2) is 65.9 Å². The molecule has 0 spiro atoms. The van der Waals surface area contributed by atoms with Crippen molar-refractivity contribution in [1.29, 1.82) is 0 Å². The van der Waals surface area contributed by atoms with E-state index < -0.39 is 11.8 Å². The van der Waals surface area contributed by atoms with Gasteiger partial charge >= 0.3 is 11.8 Å². The van der Waals surface area contributed by atoms with Gasteiger partial charge in [-0.25, -0.2) is 10.1 Å². The molecule has 3 rings (SSSR count). The Labute approximate surface area is 156 Å². The minimum absolute atomic E-state index is 0.688. The summed E-state index contributed by atoms with van der Waals surface area (Å²) in [7, 11) is 0. The topological polar surface area (TPSA) is 102 Å². The van der Waals surface area contributed by atoms with Crippen LogP contribution in [0, 0.1) is 0 Å². The van der Waals surface area contributed by atoms with Gasteiger partial charge in [-0.1, -0.05) is 49.4 Å². The summed E-state index contributed by atoms with van der Waals surface area (Å²) in [5, 5.41) is 8.47. The molecular formula is C20H19N5O2. The monoisotopic (exact) mass is 361 g/mol. The van der Waals surface area contributed by atoms with Gasteiger partial charge in [0, 0.05) is 17.3 Å². The summed E-state index contributed by atoms with van der Waals surface area (Å²) in [6, 6.07) is 17.7. The van der Waals surface area contributed by atoms with Gasteiger partial charge in [0.25, 0.3) is 0 Å². The fourth-order valence-corrected chi connectivity index (χ4v) is 2.53. The molecule has 3 N–H and O–H groups in total. The molecule has 0 radical (unpaired) electrons. The fourth-order valence-electron chi connectivity index (χ4n) is 2.53. The number of aryl methyl sites for hydroxylation is 1. The third-order valence-corrected chi connectivity index (χ3v) is 3.99. The van der Waals surface area contributed by atoms with Gasteiger partial charge in [-0.15, -0.1) is 0 Å². The highest BCUT2D eigenvalue weighted by atomic mass is 16.2. The Morgan fingerprint density at radius 1 is 1.15 bits per heavy atom. The number of para-hydroxylation sites is 1. The van der Waals surface area contributed by atoms with Crippen LogP contribution in [0.5, 0.6) is 0 Å². The lowest BCUT2D eigenvalue weighted by atomic mass is 10.1. The number of hydrogen-bond donors (Lipinski definition) is 2. The number of rotatable bonds is 5. The number of nitrogens with zero attached hydrogens (tertiary/aromatic N) is 3. The van der Waals surface area contributed by atoms with Crippen LogP contribution in [0.25, 0.3) is 16.9 Å². The summed E-state index contributed by atoms with van der Waals surface area (Å²) >= 11 is 0. The predicted octanol–water partition coefficient (Wildman–Crippen LogP) is 2.04. The first-order chi connectivity index (χ1) is 13.1. The van der Waals surface area contributed by atoms with Crippen molar-refractivity contribution in [3.63, 3.8) is 0 Å². The second-order valence-corrected chi connectivity index (χ2v) is 5.83. The molecule has 2 aromatic carbocycles. The van der Waals surface area contributed by atoms with Crippen molar-refractivity contribution in [2.75, 3.05) is 0 Å². The van der Waals surface area contributed by atoms with E-state index in [0.717, 1.165) is 17.7 Å². The Morgan fingerprint density at radius 3 is 2.48 bits per heavy atom. The van der Waals surface area contributed by atoms with Crippen LogP contribution in [0.2, 0.25) is 0 Å². The standard InChI is InChI=1S/C20H19N5O2/c1-2-14-8-10-15(11-9-14)18-16(12-22-23-20(27)19(21)26)13-25(24-18)17-6-4-3-5-7-17/h3-13H,2H2,1H3,(H2,21,26)(H,23,27)/b22-12-. The maximum absolute atomic E-state index is 11.3. The summed E-state index contributed by atoms with van der Waals surface area (Å²) in [6.45, 7) is 2.10. The smallest absolute Gasteiger partial charge is 0.329 e. The minimum atomic E-state index is -1.09. The number of nitrogens with one attached hydrogen (secondary N) is 1. The van der Waals surface area contributed by atoms with Crippen molar-refractivity contribution < 1.29 is 9.59 Å². The van der Waals surface area contributed by atoms with Crippen molar-refractivity contribution in [3.05, 3.63) is 71.9 Å². The Morgan fingerprint density at radius 2 is 1.85 bits per heavy atom. The summed E-state index contributed by atoms with van der Waals surface area (Å²) in [4.78, 5) is 22.1. The Kier molecular flexibility index (Phi) is 5.41. The maximum atomic E-state index is 11.3. The van der Waals surface area contributed by atoms with Gasteiger partial charge in [0.05, 0.1) is 11.9 Å². The van der Waals surface area contributed by atoms with Gasteiger partial charge in [-0.3, -0.25) is 9.59 Å². The van der Waals surface area contributed by atoms with Crippen LogP contribution in [0.4, 0.5) is 0 Å². The Balaban J connectivity index is 1.98. The van der Waals surface area contributed by atoms with E-state index in [-0.39, 0.29) is 0 Å². The molecule has 7 heteroatoms. The zero-order valence-electron chi connectivity index (χ0n) is 14.8. The molecule has 0 saturated heterocycles. The number of hydrazone groups is 1.